The first-order valence-corrected chi connectivity index (χ1v) is 4.86. The topological polar surface area (TPSA) is 70.4 Å². The van der Waals surface area contributed by atoms with E-state index in [-0.39, 0.29) is 17.9 Å². The minimum Gasteiger partial charge on any atom is -0.493 e. The van der Waals surface area contributed by atoms with E-state index in [0.717, 1.165) is 12.1 Å². The van der Waals surface area contributed by atoms with Gasteiger partial charge in [0.25, 0.3) is 0 Å². The Labute approximate surface area is 103 Å². The second-order valence-electron chi connectivity index (χ2n) is 2.86. The van der Waals surface area contributed by atoms with Crippen LogP contribution >= 0.6 is 0 Å². The highest BCUT2D eigenvalue weighted by atomic mass is 19.1. The first kappa shape index (κ1) is 15.9. The highest BCUT2D eigenvalue weighted by Gasteiger charge is 2.11. The number of benzene rings is 1. The van der Waals surface area contributed by atoms with Gasteiger partial charge in [-0.15, -0.1) is 0 Å². The van der Waals surface area contributed by atoms with Crippen molar-refractivity contribution in [2.75, 3.05) is 13.7 Å². The standard InChI is InChI=1S/C10H10F2O2.C2H3NO/c1-14-10-7(3-2-6-13)8(11)4-5-9(10)12;3-1-2-4/h2-5,13H,6H2,1H3;1-3H/b3-2-;. The predicted octanol–water partition coefficient (Wildman–Crippen LogP) is 1.81. The van der Waals surface area contributed by atoms with Gasteiger partial charge in [0.1, 0.15) is 5.82 Å². The molecule has 0 spiro atoms. The zero-order valence-corrected chi connectivity index (χ0v) is 9.69. The smallest absolute Gasteiger partial charge is 0.165 e. The number of aliphatic hydroxyl groups is 1. The van der Waals surface area contributed by atoms with E-state index < -0.39 is 11.6 Å². The molecule has 0 amide bonds. The molecule has 0 bridgehead atoms. The molecule has 1 aromatic carbocycles. The number of carbonyl (C=O) groups excluding carboxylic acids is 1. The van der Waals surface area contributed by atoms with Crippen molar-refractivity contribution in [3.05, 3.63) is 35.4 Å². The van der Waals surface area contributed by atoms with Crippen molar-refractivity contribution in [1.29, 1.82) is 5.41 Å². The van der Waals surface area contributed by atoms with Crippen LogP contribution in [0.3, 0.4) is 0 Å². The summed E-state index contributed by atoms with van der Waals surface area (Å²) in [5.41, 5.74) is 0.00144. The molecule has 98 valence electrons. The lowest BCUT2D eigenvalue weighted by molar-refractivity contribution is -0.102. The number of halogens is 2. The van der Waals surface area contributed by atoms with Crippen LogP contribution in [-0.4, -0.2) is 31.3 Å². The summed E-state index contributed by atoms with van der Waals surface area (Å²) in [6.07, 6.45) is 3.69. The molecule has 4 nitrogen and oxygen atoms in total. The number of methoxy groups -OCH3 is 1. The summed E-state index contributed by atoms with van der Waals surface area (Å²) >= 11 is 0. The van der Waals surface area contributed by atoms with E-state index in [1.165, 1.54) is 19.3 Å². The number of nitrogens with one attached hydrogen (secondary N) is 1. The molecule has 1 rings (SSSR count). The van der Waals surface area contributed by atoms with Gasteiger partial charge in [0.15, 0.2) is 17.9 Å². The Morgan fingerprint density at radius 3 is 2.39 bits per heavy atom. The molecule has 1 aromatic rings. The second kappa shape index (κ2) is 9.00. The molecule has 0 atom stereocenters. The zero-order valence-electron chi connectivity index (χ0n) is 9.69. The maximum absolute atomic E-state index is 13.2. The fraction of sp³-hybridized carbons (Fsp3) is 0.167. The molecule has 0 aliphatic carbocycles. The zero-order chi connectivity index (χ0) is 14.0. The average Bonchev–Trinajstić information content (AvgIpc) is 2.40. The van der Waals surface area contributed by atoms with Gasteiger partial charge >= 0.3 is 0 Å². The predicted molar refractivity (Wildman–Crippen MR) is 63.9 cm³/mol. The van der Waals surface area contributed by atoms with Gasteiger partial charge in [-0.3, -0.25) is 4.79 Å². The van der Waals surface area contributed by atoms with Gasteiger partial charge < -0.3 is 15.3 Å². The van der Waals surface area contributed by atoms with Crippen molar-refractivity contribution in [3.63, 3.8) is 0 Å². The van der Waals surface area contributed by atoms with Gasteiger partial charge in [-0.2, -0.15) is 0 Å². The minimum atomic E-state index is -0.633. The van der Waals surface area contributed by atoms with Crippen LogP contribution in [0.25, 0.3) is 6.08 Å². The number of ether oxygens (including phenoxy) is 1. The molecule has 0 heterocycles. The van der Waals surface area contributed by atoms with Gasteiger partial charge in [-0.25, -0.2) is 8.78 Å². The lowest BCUT2D eigenvalue weighted by Crippen LogP contribution is -1.94. The van der Waals surface area contributed by atoms with Crippen molar-refractivity contribution < 1.29 is 23.4 Å². The molecule has 0 aliphatic rings. The fourth-order valence-electron chi connectivity index (χ4n) is 1.08. The molecular weight excluding hydrogens is 244 g/mol. The van der Waals surface area contributed by atoms with Crippen molar-refractivity contribution in [3.8, 4) is 5.75 Å². The van der Waals surface area contributed by atoms with E-state index in [0.29, 0.717) is 12.5 Å². The van der Waals surface area contributed by atoms with E-state index in [9.17, 15) is 8.78 Å². The summed E-state index contributed by atoms with van der Waals surface area (Å²) in [5, 5.41) is 14.5. The minimum absolute atomic E-state index is 0.00144. The average molecular weight is 257 g/mol. The Morgan fingerprint density at radius 2 is 1.94 bits per heavy atom. The summed E-state index contributed by atoms with van der Waals surface area (Å²) in [7, 11) is 1.26. The molecule has 0 aromatic heterocycles. The Balaban J connectivity index is 0.000000631. The van der Waals surface area contributed by atoms with Gasteiger partial charge in [-0.05, 0) is 18.2 Å². The summed E-state index contributed by atoms with van der Waals surface area (Å²) in [6.45, 7) is -0.237. The van der Waals surface area contributed by atoms with Gasteiger partial charge in [0, 0.05) is 0 Å². The van der Waals surface area contributed by atoms with Crippen LogP contribution < -0.4 is 4.74 Å². The summed E-state index contributed by atoms with van der Waals surface area (Å²) < 4.78 is 30.9. The molecule has 0 saturated carbocycles. The van der Waals surface area contributed by atoms with E-state index in [4.69, 9.17) is 20.0 Å². The lowest BCUT2D eigenvalue weighted by atomic mass is 10.1. The lowest BCUT2D eigenvalue weighted by Gasteiger charge is -2.06. The van der Waals surface area contributed by atoms with Gasteiger partial charge in [0.2, 0.25) is 0 Å². The van der Waals surface area contributed by atoms with Crippen molar-refractivity contribution in [2.24, 2.45) is 0 Å². The van der Waals surface area contributed by atoms with Gasteiger partial charge in [-0.1, -0.05) is 6.08 Å². The van der Waals surface area contributed by atoms with Crippen LogP contribution in [0, 0.1) is 17.0 Å². The molecule has 2 N–H and O–H groups in total. The number of aliphatic hydroxyl groups excluding tert-OH is 1. The maximum Gasteiger partial charge on any atom is 0.165 e. The highest BCUT2D eigenvalue weighted by molar-refractivity contribution is 6.11. The van der Waals surface area contributed by atoms with E-state index >= 15 is 0 Å². The molecule has 0 unspecified atom stereocenters. The van der Waals surface area contributed by atoms with Crippen LogP contribution in [0.5, 0.6) is 5.75 Å². The van der Waals surface area contributed by atoms with Crippen LogP contribution in [0.2, 0.25) is 0 Å². The SMILES string of the molecule is COc1c(F)ccc(F)c1/C=C\CO.N=CC=O. The van der Waals surface area contributed by atoms with E-state index in [1.54, 1.807) is 0 Å². The summed E-state index contributed by atoms with van der Waals surface area (Å²) in [5.74, 6) is -1.38. The Kier molecular flexibility index (Phi) is 7.96. The molecule has 0 fully saturated rings. The first-order valence-electron chi connectivity index (χ1n) is 4.86. The number of hydrogen-bond acceptors (Lipinski definition) is 4. The number of rotatable bonds is 4. The Hall–Kier alpha value is -2.08. The summed E-state index contributed by atoms with van der Waals surface area (Å²) in [4.78, 5) is 8.93. The largest absolute Gasteiger partial charge is 0.493 e. The number of carbonyl (C=O) groups is 1. The molecular formula is C12H13F2NO3. The molecule has 18 heavy (non-hydrogen) atoms. The van der Waals surface area contributed by atoms with Crippen molar-refractivity contribution >= 4 is 18.6 Å². The van der Waals surface area contributed by atoms with E-state index in [1.807, 2.05) is 0 Å². The second-order valence-corrected chi connectivity index (χ2v) is 2.86. The monoisotopic (exact) mass is 257 g/mol. The first-order chi connectivity index (χ1) is 8.62. The van der Waals surface area contributed by atoms with E-state index in [2.05, 4.69) is 0 Å². The fourth-order valence-corrected chi connectivity index (χ4v) is 1.08. The van der Waals surface area contributed by atoms with Gasteiger partial charge in [0.05, 0.1) is 25.5 Å². The Morgan fingerprint density at radius 1 is 1.39 bits per heavy atom. The van der Waals surface area contributed by atoms with Crippen LogP contribution in [0.15, 0.2) is 18.2 Å². The third-order valence-corrected chi connectivity index (χ3v) is 1.76. The quantitative estimate of drug-likeness (QED) is 0.638. The third kappa shape index (κ3) is 4.84. The van der Waals surface area contributed by atoms with Crippen LogP contribution in [-0.2, 0) is 4.79 Å². The van der Waals surface area contributed by atoms with Crippen LogP contribution in [0.4, 0.5) is 8.78 Å². The van der Waals surface area contributed by atoms with Crippen molar-refractivity contribution in [2.45, 2.75) is 0 Å². The number of aldehydes is 1. The molecule has 0 radical (unpaired) electrons. The molecule has 0 aliphatic heterocycles. The third-order valence-electron chi connectivity index (χ3n) is 1.76. The summed E-state index contributed by atoms with van der Waals surface area (Å²) in [6, 6.07) is 2.00. The molecule has 6 heteroatoms. The molecule has 0 saturated heterocycles. The van der Waals surface area contributed by atoms with Crippen molar-refractivity contribution in [1.82, 2.24) is 0 Å². The maximum atomic E-state index is 13.2. The van der Waals surface area contributed by atoms with Crippen LogP contribution in [0.1, 0.15) is 5.56 Å². The highest BCUT2D eigenvalue weighted by Crippen LogP contribution is 2.26. The normalized spacial score (nSPS) is 9.56. The number of hydrogen-bond donors (Lipinski definition) is 2. The Bertz CT molecular complexity index is 428.